The molecule has 49 heavy (non-hydrogen) atoms. The van der Waals surface area contributed by atoms with E-state index in [1.807, 2.05) is 21.1 Å². The molecule has 2 atom stereocenters. The van der Waals surface area contributed by atoms with Crippen LogP contribution in [0.1, 0.15) is 96.8 Å². The van der Waals surface area contributed by atoms with E-state index in [-0.39, 0.29) is 19.6 Å². The summed E-state index contributed by atoms with van der Waals surface area (Å²) in [6, 6.07) is 0. The van der Waals surface area contributed by atoms with Gasteiger partial charge in [0.2, 0.25) is 0 Å². The van der Waals surface area contributed by atoms with Gasteiger partial charge in [0.1, 0.15) is 25.9 Å². The van der Waals surface area contributed by atoms with Crippen molar-refractivity contribution in [2.45, 2.75) is 103 Å². The second kappa shape index (κ2) is 32.6. The molecule has 0 aliphatic rings. The molecule has 8 nitrogen and oxygen atoms in total. The van der Waals surface area contributed by atoms with Crippen molar-refractivity contribution >= 4 is 13.8 Å². The smallest absolute Gasteiger partial charge is 0.463 e. The van der Waals surface area contributed by atoms with E-state index in [4.69, 9.17) is 13.8 Å². The summed E-state index contributed by atoms with van der Waals surface area (Å²) in [4.78, 5) is 21.6. The van der Waals surface area contributed by atoms with E-state index in [1.165, 1.54) is 0 Å². The molecule has 0 aromatic rings. The molecule has 0 saturated carbocycles. The monoisotopic (exact) mass is 704 g/mol. The molecule has 0 aliphatic carbocycles. The second-order valence-corrected chi connectivity index (χ2v) is 14.2. The van der Waals surface area contributed by atoms with E-state index < -0.39 is 26.5 Å². The number of aliphatic hydroxyl groups is 1. The molecule has 2 N–H and O–H groups in total. The number of unbranched alkanes of at least 4 members (excludes halogenated alkanes) is 4. The highest BCUT2D eigenvalue weighted by molar-refractivity contribution is 7.47. The van der Waals surface area contributed by atoms with Crippen LogP contribution in [0.5, 0.6) is 0 Å². The molecule has 0 amide bonds. The van der Waals surface area contributed by atoms with E-state index in [0.717, 1.165) is 83.5 Å². The van der Waals surface area contributed by atoms with E-state index in [9.17, 15) is 19.4 Å². The van der Waals surface area contributed by atoms with Gasteiger partial charge in [0.25, 0.3) is 0 Å². The fourth-order valence-electron chi connectivity index (χ4n) is 4.02. The lowest BCUT2D eigenvalue weighted by molar-refractivity contribution is -0.870. The number of phosphoric ester groups is 1. The van der Waals surface area contributed by atoms with Gasteiger partial charge in [-0.15, -0.1) is 0 Å². The number of aliphatic hydroxyl groups excluding tert-OH is 1. The first-order valence-corrected chi connectivity index (χ1v) is 19.5. The number of esters is 1. The second-order valence-electron chi connectivity index (χ2n) is 12.7. The van der Waals surface area contributed by atoms with Crippen LogP contribution in [-0.4, -0.2) is 74.1 Å². The predicted molar refractivity (Wildman–Crippen MR) is 205 cm³/mol. The lowest BCUT2D eigenvalue weighted by atomic mass is 10.1. The van der Waals surface area contributed by atoms with Crippen LogP contribution in [0.4, 0.5) is 0 Å². The molecule has 0 aliphatic heterocycles. The number of quaternary nitrogens is 1. The van der Waals surface area contributed by atoms with Crippen LogP contribution in [0.3, 0.4) is 0 Å². The van der Waals surface area contributed by atoms with Gasteiger partial charge < -0.3 is 19.2 Å². The zero-order valence-electron chi connectivity index (χ0n) is 30.9. The molecule has 0 aromatic heterocycles. The minimum absolute atomic E-state index is 0.0440. The van der Waals surface area contributed by atoms with E-state index >= 15 is 0 Å². The molecular weight excluding hydrogens is 637 g/mol. The van der Waals surface area contributed by atoms with Crippen molar-refractivity contribution in [3.8, 4) is 0 Å². The van der Waals surface area contributed by atoms with Gasteiger partial charge in [0.15, 0.2) is 0 Å². The zero-order chi connectivity index (χ0) is 36.3. The first-order chi connectivity index (χ1) is 23.6. The molecule has 0 fully saturated rings. The highest BCUT2D eigenvalue weighted by atomic mass is 31.2. The molecule has 0 bridgehead atoms. The Morgan fingerprint density at radius 2 is 1.06 bits per heavy atom. The lowest BCUT2D eigenvalue weighted by Crippen LogP contribution is -2.37. The number of nitrogens with zero attached hydrogens (tertiary/aromatic N) is 1. The van der Waals surface area contributed by atoms with Gasteiger partial charge in [-0.2, -0.15) is 0 Å². The maximum Gasteiger partial charge on any atom is 0.472 e. The van der Waals surface area contributed by atoms with Gasteiger partial charge in [-0.1, -0.05) is 117 Å². The van der Waals surface area contributed by atoms with Gasteiger partial charge in [-0.3, -0.25) is 13.8 Å². The Bertz CT molecular complexity index is 1100. The maximum atomic E-state index is 11.9. The Morgan fingerprint density at radius 3 is 1.51 bits per heavy atom. The van der Waals surface area contributed by atoms with Crippen molar-refractivity contribution in [3.63, 3.8) is 0 Å². The minimum atomic E-state index is -4.26. The standard InChI is InChI=1S/C40H66NO7P/c1-5-6-7-8-9-10-11-12-13-14-15-16-17-18-19-20-21-22-23-24-25-26-27-28-29-30-31-32-33-34-40(43)46-37-39(42)38-48-49(44,45)47-36-35-41(2,3)4/h6-7,9-10,12-13,15-16,18-19,21-22,24-25,27-28,39,42H,5,8,11,14,17,20,23,26,29-38H2,1-4H3/p+1/b7-6-,10-9-,13-12-,16-15-,19-18-,22-21-,25-24-,28-27-. The van der Waals surface area contributed by atoms with Crippen LogP contribution in [-0.2, 0) is 23.1 Å². The number of ether oxygens (including phenoxy) is 1. The number of hydrogen-bond donors (Lipinski definition) is 2. The molecule has 2 unspecified atom stereocenters. The molecule has 0 aromatic carbocycles. The summed E-state index contributed by atoms with van der Waals surface area (Å²) in [5, 5.41) is 9.88. The van der Waals surface area contributed by atoms with Gasteiger partial charge in [-0.05, 0) is 70.6 Å². The van der Waals surface area contributed by atoms with Crippen LogP contribution in [0.15, 0.2) is 97.2 Å². The molecule has 0 rings (SSSR count). The molecule has 0 spiro atoms. The third-order valence-corrected chi connectivity index (χ3v) is 7.84. The van der Waals surface area contributed by atoms with Crippen LogP contribution >= 0.6 is 7.82 Å². The van der Waals surface area contributed by atoms with Gasteiger partial charge in [-0.25, -0.2) is 4.57 Å². The van der Waals surface area contributed by atoms with Crippen molar-refractivity contribution in [1.82, 2.24) is 0 Å². The SMILES string of the molecule is CC/C=C\C/C=C\C/C=C\C/C=C\C/C=C\C/C=C\C/C=C\C/C=C\CCCCCCC(=O)OCC(O)COP(=O)(O)OCC[N+](C)(C)C. The Kier molecular flexibility index (Phi) is 30.9. The summed E-state index contributed by atoms with van der Waals surface area (Å²) in [6.07, 6.45) is 47.1. The number of hydrogen-bond acceptors (Lipinski definition) is 6. The molecule has 278 valence electrons. The Morgan fingerprint density at radius 1 is 0.633 bits per heavy atom. The normalized spacial score (nSPS) is 15.1. The van der Waals surface area contributed by atoms with Crippen molar-refractivity contribution < 1.29 is 37.6 Å². The third-order valence-electron chi connectivity index (χ3n) is 6.86. The zero-order valence-corrected chi connectivity index (χ0v) is 31.8. The highest BCUT2D eigenvalue weighted by Crippen LogP contribution is 2.43. The van der Waals surface area contributed by atoms with Crippen LogP contribution in [0, 0.1) is 0 Å². The van der Waals surface area contributed by atoms with Crippen LogP contribution < -0.4 is 0 Å². The first kappa shape index (κ1) is 46.4. The summed E-state index contributed by atoms with van der Waals surface area (Å²) >= 11 is 0. The number of likely N-dealkylation sites (N-methyl/N-ethyl adjacent to an activating group) is 1. The average molecular weight is 705 g/mol. The summed E-state index contributed by atoms with van der Waals surface area (Å²) in [6.45, 7) is 1.97. The van der Waals surface area contributed by atoms with Crippen molar-refractivity contribution in [3.05, 3.63) is 97.2 Å². The molecule has 0 heterocycles. The summed E-state index contributed by atoms with van der Waals surface area (Å²) in [7, 11) is 1.53. The molecule has 0 radical (unpaired) electrons. The number of carbonyl (C=O) groups is 1. The van der Waals surface area contributed by atoms with Crippen LogP contribution in [0.2, 0.25) is 0 Å². The molecule has 0 saturated heterocycles. The number of carbonyl (C=O) groups excluding carboxylic acids is 1. The third kappa shape index (κ3) is 38.1. The highest BCUT2D eigenvalue weighted by Gasteiger charge is 2.24. The molecule has 9 heteroatoms. The minimum Gasteiger partial charge on any atom is -0.463 e. The van der Waals surface area contributed by atoms with Crippen LogP contribution in [0.25, 0.3) is 0 Å². The Labute approximate surface area is 298 Å². The van der Waals surface area contributed by atoms with Gasteiger partial charge in [0.05, 0.1) is 27.7 Å². The Hall–Kier alpha value is -2.58. The fraction of sp³-hybridized carbons (Fsp3) is 0.575. The average Bonchev–Trinajstić information content (AvgIpc) is 3.05. The topological polar surface area (TPSA) is 102 Å². The quantitative estimate of drug-likeness (QED) is 0.0244. The first-order valence-electron chi connectivity index (χ1n) is 18.0. The van der Waals surface area contributed by atoms with Crippen molar-refractivity contribution in [2.24, 2.45) is 0 Å². The van der Waals surface area contributed by atoms with Crippen molar-refractivity contribution in [1.29, 1.82) is 0 Å². The fourth-order valence-corrected chi connectivity index (χ4v) is 4.77. The maximum absolute atomic E-state index is 11.9. The Balaban J connectivity index is 3.67. The van der Waals surface area contributed by atoms with Gasteiger partial charge >= 0.3 is 13.8 Å². The van der Waals surface area contributed by atoms with E-state index in [2.05, 4.69) is 104 Å². The largest absolute Gasteiger partial charge is 0.472 e. The lowest BCUT2D eigenvalue weighted by Gasteiger charge is -2.24. The predicted octanol–water partition coefficient (Wildman–Crippen LogP) is 9.66. The number of phosphoric acid groups is 1. The summed E-state index contributed by atoms with van der Waals surface area (Å²) in [5.41, 5.74) is 0. The van der Waals surface area contributed by atoms with E-state index in [0.29, 0.717) is 11.0 Å². The number of allylic oxidation sites excluding steroid dienone is 16. The van der Waals surface area contributed by atoms with Gasteiger partial charge in [0, 0.05) is 6.42 Å². The molecular formula is C40H67NO7P+. The van der Waals surface area contributed by atoms with Crippen molar-refractivity contribution in [2.75, 3.05) is 47.5 Å². The van der Waals surface area contributed by atoms with E-state index in [1.54, 1.807) is 0 Å². The summed E-state index contributed by atoms with van der Waals surface area (Å²) in [5.74, 6) is -0.402. The number of rotatable bonds is 31. The summed E-state index contributed by atoms with van der Waals surface area (Å²) < 4.78 is 27.1.